The predicted octanol–water partition coefficient (Wildman–Crippen LogP) is -7.86. The van der Waals surface area contributed by atoms with E-state index in [1.165, 1.54) is 6.92 Å². The Kier molecular flexibility index (Phi) is 14.2. The van der Waals surface area contributed by atoms with Crippen molar-refractivity contribution >= 4 is 22.1 Å². The molecule has 104 valence electrons. The average Bonchev–Trinajstić information content (AvgIpc) is 2.22. The zero-order valence-electron chi connectivity index (χ0n) is 11.6. The summed E-state index contributed by atoms with van der Waals surface area (Å²) in [5.41, 5.74) is 0. The third-order valence-corrected chi connectivity index (χ3v) is 3.04. The molecule has 0 aliphatic heterocycles. The van der Waals surface area contributed by atoms with E-state index in [-0.39, 0.29) is 65.7 Å². The van der Waals surface area contributed by atoms with E-state index in [4.69, 9.17) is 0 Å². The molecule has 0 N–H and O–H groups in total. The third kappa shape index (κ3) is 7.01. The molecule has 11 heteroatoms. The summed E-state index contributed by atoms with van der Waals surface area (Å²) in [6, 6.07) is 0. The van der Waals surface area contributed by atoms with Gasteiger partial charge in [0.25, 0.3) is 4.93 Å². The number of hydrogen-bond donors (Lipinski definition) is 0. The molecule has 0 bridgehead atoms. The van der Waals surface area contributed by atoms with Gasteiger partial charge >= 0.3 is 65.1 Å². The average molecular weight is 326 g/mol. The van der Waals surface area contributed by atoms with Gasteiger partial charge in [0, 0.05) is 19.0 Å². The molecule has 0 fully saturated rings. The minimum atomic E-state index is -5.42. The Morgan fingerprint density at radius 2 is 1.85 bits per heavy atom. The molecule has 0 aromatic rings. The Balaban J connectivity index is -0.00000144. The Morgan fingerprint density at radius 1 is 1.35 bits per heavy atom. The largest absolute Gasteiger partial charge is 1.00 e. The van der Waals surface area contributed by atoms with Gasteiger partial charge in [0.15, 0.2) is 0 Å². The molecule has 0 aromatic heterocycles. The van der Waals surface area contributed by atoms with Crippen LogP contribution in [0.25, 0.3) is 0 Å². The third-order valence-electron chi connectivity index (χ3n) is 1.80. The van der Waals surface area contributed by atoms with Crippen molar-refractivity contribution in [1.82, 2.24) is 0 Å². The van der Waals surface area contributed by atoms with Gasteiger partial charge in [-0.15, -0.1) is 0 Å². The van der Waals surface area contributed by atoms with Gasteiger partial charge in [0.1, 0.15) is 16.7 Å². The second-order valence-electron chi connectivity index (χ2n) is 3.08. The second-order valence-corrected chi connectivity index (χ2v) is 4.64. The van der Waals surface area contributed by atoms with E-state index in [9.17, 15) is 27.7 Å². The molecule has 0 saturated heterocycles. The molecule has 20 heavy (non-hydrogen) atoms. The molecular formula is C9H12Na2O8S. The van der Waals surface area contributed by atoms with E-state index in [1.54, 1.807) is 0 Å². The van der Waals surface area contributed by atoms with Crippen LogP contribution < -0.4 is 64.2 Å². The van der Waals surface area contributed by atoms with E-state index in [0.717, 1.165) is 6.08 Å². The van der Waals surface area contributed by atoms with Crippen molar-refractivity contribution in [1.29, 1.82) is 0 Å². The van der Waals surface area contributed by atoms with Gasteiger partial charge in [0.2, 0.25) is 0 Å². The van der Waals surface area contributed by atoms with Crippen molar-refractivity contribution in [3.05, 3.63) is 12.7 Å². The van der Waals surface area contributed by atoms with Crippen molar-refractivity contribution in [2.24, 2.45) is 0 Å². The van der Waals surface area contributed by atoms with Crippen molar-refractivity contribution in [2.45, 2.75) is 18.3 Å². The molecule has 0 spiro atoms. The van der Waals surface area contributed by atoms with Crippen molar-refractivity contribution in [2.75, 3.05) is 13.2 Å². The molecule has 1 unspecified atom stereocenters. The van der Waals surface area contributed by atoms with Gasteiger partial charge in [-0.2, -0.15) is 0 Å². The number of ether oxygens (including phenoxy) is 2. The summed E-state index contributed by atoms with van der Waals surface area (Å²) in [7, 11) is -5.42. The van der Waals surface area contributed by atoms with Crippen LogP contribution in [-0.2, 0) is 29.2 Å². The predicted molar refractivity (Wildman–Crippen MR) is 54.8 cm³/mol. The molecule has 0 saturated carbocycles. The number of aliphatic carboxylic acids is 1. The van der Waals surface area contributed by atoms with Gasteiger partial charge in [0.05, 0.1) is 0 Å². The maximum atomic E-state index is 11.5. The molecule has 0 aliphatic rings. The number of carbonyl (C=O) groups excluding carboxylic acids is 2. The molecule has 0 amide bonds. The Hall–Kier alpha value is 0.550. The molecule has 0 rings (SSSR count). The smallest absolute Gasteiger partial charge is 0.745 e. The van der Waals surface area contributed by atoms with Gasteiger partial charge in [-0.05, 0) is 6.92 Å². The number of rotatable bonds is 8. The number of hydrogen-bond acceptors (Lipinski definition) is 8. The fraction of sp³-hybridized carbons (Fsp3) is 0.556. The first kappa shape index (κ1) is 25.5. The first-order valence-corrected chi connectivity index (χ1v) is 6.19. The summed E-state index contributed by atoms with van der Waals surface area (Å²) in [5, 5.41) is 10.5. The summed E-state index contributed by atoms with van der Waals surface area (Å²) < 4.78 is 42.2. The first-order valence-electron chi connectivity index (χ1n) is 4.78. The van der Waals surface area contributed by atoms with Gasteiger partial charge < -0.3 is 23.9 Å². The minimum Gasteiger partial charge on any atom is -0.745 e. The zero-order chi connectivity index (χ0) is 14.4. The fourth-order valence-electron chi connectivity index (χ4n) is 1.11. The van der Waals surface area contributed by atoms with Crippen molar-refractivity contribution < 1.29 is 96.3 Å². The second kappa shape index (κ2) is 11.2. The number of carboxylic acids is 1. The van der Waals surface area contributed by atoms with E-state index in [2.05, 4.69) is 16.1 Å². The molecule has 1 atom stereocenters. The molecule has 0 radical (unpaired) electrons. The Morgan fingerprint density at radius 3 is 2.15 bits per heavy atom. The normalized spacial score (nSPS) is 13.1. The van der Waals surface area contributed by atoms with Crippen LogP contribution in [0, 0.1) is 0 Å². The standard InChI is InChI=1S/C9H14O8S.2Na/c1-3-5-16-8(12)9(17-4-2,6-7(10)11)18(13,14)15;;/h3H,1,4-6H2,2H3,(H,10,11)(H,13,14,15);;/q;2*+1/p-2. The monoisotopic (exact) mass is 326 g/mol. The molecule has 0 aliphatic carbocycles. The van der Waals surface area contributed by atoms with Crippen LogP contribution in [0.2, 0.25) is 0 Å². The Labute approximate surface area is 161 Å². The van der Waals surface area contributed by atoms with Crippen LogP contribution >= 0.6 is 0 Å². The van der Waals surface area contributed by atoms with Crippen LogP contribution in [0.3, 0.4) is 0 Å². The van der Waals surface area contributed by atoms with E-state index in [1.807, 2.05) is 0 Å². The van der Waals surface area contributed by atoms with Crippen LogP contribution in [0.1, 0.15) is 13.3 Å². The maximum absolute atomic E-state index is 11.5. The zero-order valence-corrected chi connectivity index (χ0v) is 16.4. The van der Waals surface area contributed by atoms with Gasteiger partial charge in [-0.3, -0.25) is 0 Å². The van der Waals surface area contributed by atoms with Crippen LogP contribution in [0.4, 0.5) is 0 Å². The van der Waals surface area contributed by atoms with Crippen molar-refractivity contribution in [3.8, 4) is 0 Å². The topological polar surface area (TPSA) is 133 Å². The van der Waals surface area contributed by atoms with E-state index < -0.39 is 40.0 Å². The quantitative estimate of drug-likeness (QED) is 0.186. The Bertz CT molecular complexity index is 435. The van der Waals surface area contributed by atoms with Gasteiger partial charge in [-0.1, -0.05) is 12.7 Å². The summed E-state index contributed by atoms with van der Waals surface area (Å²) in [6.45, 7) is 3.73. The summed E-state index contributed by atoms with van der Waals surface area (Å²) >= 11 is 0. The SMILES string of the molecule is C=CCOC(=O)C(CC(=O)[O-])(OCC)S(=O)(=O)[O-].[Na+].[Na+]. The van der Waals surface area contributed by atoms with E-state index in [0.29, 0.717) is 0 Å². The van der Waals surface area contributed by atoms with Crippen molar-refractivity contribution in [3.63, 3.8) is 0 Å². The number of carboxylic acid groups (broad SMARTS) is 1. The molecular weight excluding hydrogens is 314 g/mol. The van der Waals surface area contributed by atoms with E-state index >= 15 is 0 Å². The summed E-state index contributed by atoms with van der Waals surface area (Å²) in [6.07, 6.45) is -0.326. The van der Waals surface area contributed by atoms with Gasteiger partial charge in [-0.25, -0.2) is 13.2 Å². The molecule has 0 aromatic carbocycles. The number of carbonyl (C=O) groups is 2. The minimum absolute atomic E-state index is 0. The summed E-state index contributed by atoms with van der Waals surface area (Å²) in [4.78, 5) is 18.9. The fourth-order valence-corrected chi connectivity index (χ4v) is 1.93. The van der Waals surface area contributed by atoms with Crippen LogP contribution in [0.15, 0.2) is 12.7 Å². The number of esters is 1. The maximum Gasteiger partial charge on any atom is 1.00 e. The first-order chi connectivity index (χ1) is 8.21. The summed E-state index contributed by atoms with van der Waals surface area (Å²) in [5.74, 6) is -3.54. The molecule has 0 heterocycles. The van der Waals surface area contributed by atoms with Crippen LogP contribution in [0.5, 0.6) is 0 Å². The molecule has 8 nitrogen and oxygen atoms in total. The van der Waals surface area contributed by atoms with Crippen LogP contribution in [-0.4, -0.2) is 43.1 Å².